The number of fused-ring (bicyclic) bond motifs is 2. The van der Waals surface area contributed by atoms with Crippen molar-refractivity contribution in [2.45, 2.75) is 89.1 Å². The lowest BCUT2D eigenvalue weighted by atomic mass is 9.81. The standard InChI is InChI=1S/C43H49F2N7O5S/c1-43(44,45)36-8-4-7-30(47-36)39(54)48-31-22-35-32(21-34(31)57-2)49-41(58-35)27-11-9-26(10-12-27)23-51-19-16-25(17-20-51)15-18-46-29-6-3-5-28-24-52(42(56)38(28)29)33-13-14-37(53)50-40(33)55/h3-8,21-22,25-27,33,46H,9-20,23-24H2,1-2H3,(H,48,54)(H,50,53,55)/t26-,27-,33?. The fraction of sp³-hybridized carbons (Fsp3) is 0.488. The molecule has 4 amide bonds. The van der Waals surface area contributed by atoms with Gasteiger partial charge in [0, 0.05) is 50.7 Å². The van der Waals surface area contributed by atoms with Gasteiger partial charge in [0.25, 0.3) is 17.7 Å². The second-order valence-electron chi connectivity index (χ2n) is 16.2. The van der Waals surface area contributed by atoms with Crippen LogP contribution in [0, 0.1) is 11.8 Å². The fourth-order valence-electron chi connectivity index (χ4n) is 8.99. The number of methoxy groups -OCH3 is 1. The molecule has 0 bridgehead atoms. The van der Waals surface area contributed by atoms with E-state index in [4.69, 9.17) is 9.72 Å². The number of imide groups is 1. The van der Waals surface area contributed by atoms with Crippen LogP contribution in [0.15, 0.2) is 48.5 Å². The van der Waals surface area contributed by atoms with Gasteiger partial charge in [-0.05, 0) is 106 Å². The lowest BCUT2D eigenvalue weighted by molar-refractivity contribution is -0.136. The third-order valence-corrected chi connectivity index (χ3v) is 13.4. The Morgan fingerprint density at radius 2 is 1.74 bits per heavy atom. The Morgan fingerprint density at radius 3 is 2.48 bits per heavy atom. The third kappa shape index (κ3) is 8.56. The fourth-order valence-corrected chi connectivity index (χ4v) is 10.2. The van der Waals surface area contributed by atoms with Crippen molar-refractivity contribution in [3.8, 4) is 5.75 Å². The lowest BCUT2D eigenvalue weighted by Crippen LogP contribution is -2.52. The molecule has 1 unspecified atom stereocenters. The van der Waals surface area contributed by atoms with E-state index < -0.39 is 29.5 Å². The molecule has 3 N–H and O–H groups in total. The molecule has 306 valence electrons. The molecule has 3 fully saturated rings. The monoisotopic (exact) mass is 813 g/mol. The maximum absolute atomic E-state index is 13.8. The Morgan fingerprint density at radius 1 is 0.966 bits per heavy atom. The van der Waals surface area contributed by atoms with Gasteiger partial charge in [-0.25, -0.2) is 9.97 Å². The molecule has 5 heterocycles. The normalized spacial score (nSPS) is 21.9. The van der Waals surface area contributed by atoms with Crippen LogP contribution in [0.2, 0.25) is 0 Å². The van der Waals surface area contributed by atoms with Crippen LogP contribution >= 0.6 is 11.3 Å². The molecule has 2 aromatic carbocycles. The van der Waals surface area contributed by atoms with Crippen LogP contribution in [-0.2, 0) is 22.1 Å². The first-order chi connectivity index (χ1) is 27.9. The molecule has 0 radical (unpaired) electrons. The molecule has 4 aliphatic rings. The number of carbonyl (C=O) groups is 4. The van der Waals surface area contributed by atoms with Crippen molar-refractivity contribution < 1.29 is 32.7 Å². The average Bonchev–Trinajstić information content (AvgIpc) is 3.78. The predicted molar refractivity (Wildman–Crippen MR) is 217 cm³/mol. The average molecular weight is 814 g/mol. The van der Waals surface area contributed by atoms with E-state index in [1.54, 1.807) is 16.2 Å². The SMILES string of the molecule is COc1cc2nc([C@H]3CC[C@H](CN4CCC(CCNc5cccc6c5C(=O)N(C5CCC(=O)NC5=O)C6)CC4)CC3)sc2cc1NC(=O)c1cccc(C(C)(F)F)n1. The minimum Gasteiger partial charge on any atom is -0.494 e. The molecule has 2 aromatic heterocycles. The van der Waals surface area contributed by atoms with Gasteiger partial charge in [0.2, 0.25) is 11.8 Å². The second-order valence-corrected chi connectivity index (χ2v) is 17.3. The number of carbonyl (C=O) groups excluding carboxylic acids is 4. The maximum Gasteiger partial charge on any atom is 0.287 e. The largest absolute Gasteiger partial charge is 0.494 e. The summed E-state index contributed by atoms with van der Waals surface area (Å²) in [6, 6.07) is 12.9. The molecule has 3 aliphatic heterocycles. The van der Waals surface area contributed by atoms with Crippen molar-refractivity contribution in [3.63, 3.8) is 0 Å². The number of thiazole rings is 1. The molecule has 12 nitrogen and oxygen atoms in total. The first-order valence-corrected chi connectivity index (χ1v) is 21.1. The number of hydrogen-bond acceptors (Lipinski definition) is 10. The van der Waals surface area contributed by atoms with E-state index in [9.17, 15) is 28.0 Å². The zero-order valence-electron chi connectivity index (χ0n) is 32.8. The molecule has 1 aliphatic carbocycles. The van der Waals surface area contributed by atoms with Gasteiger partial charge in [-0.2, -0.15) is 8.78 Å². The molecule has 15 heteroatoms. The number of pyridine rings is 1. The number of aromatic nitrogens is 2. The molecule has 2 saturated heterocycles. The molecule has 4 aromatic rings. The van der Waals surface area contributed by atoms with Crippen molar-refractivity contribution >= 4 is 56.6 Å². The number of rotatable bonds is 12. The van der Waals surface area contributed by atoms with Gasteiger partial charge in [-0.15, -0.1) is 11.3 Å². The Kier molecular flexibility index (Phi) is 11.4. The third-order valence-electron chi connectivity index (χ3n) is 12.2. The molecule has 0 spiro atoms. The highest BCUT2D eigenvalue weighted by Crippen LogP contribution is 2.42. The molecule has 58 heavy (non-hydrogen) atoms. The maximum atomic E-state index is 13.8. The minimum atomic E-state index is -3.16. The summed E-state index contributed by atoms with van der Waals surface area (Å²) < 4.78 is 34.2. The summed E-state index contributed by atoms with van der Waals surface area (Å²) in [5, 5.41) is 9.78. The minimum absolute atomic E-state index is 0.102. The molecule has 1 atom stereocenters. The van der Waals surface area contributed by atoms with Crippen LogP contribution < -0.4 is 20.7 Å². The van der Waals surface area contributed by atoms with E-state index in [-0.39, 0.29) is 23.9 Å². The number of hydrogen-bond donors (Lipinski definition) is 3. The highest BCUT2D eigenvalue weighted by Gasteiger charge is 2.40. The van der Waals surface area contributed by atoms with Crippen LogP contribution in [0.4, 0.5) is 20.2 Å². The van der Waals surface area contributed by atoms with E-state index in [1.807, 2.05) is 30.3 Å². The number of anilines is 2. The Bertz CT molecular complexity index is 2210. The summed E-state index contributed by atoms with van der Waals surface area (Å²) in [6.07, 6.45) is 8.39. The molecule has 1 saturated carbocycles. The van der Waals surface area contributed by atoms with Crippen LogP contribution in [-0.4, -0.2) is 82.7 Å². The van der Waals surface area contributed by atoms with E-state index >= 15 is 0 Å². The van der Waals surface area contributed by atoms with E-state index in [0.29, 0.717) is 47.7 Å². The Hall–Kier alpha value is -5.02. The number of piperidine rings is 2. The summed E-state index contributed by atoms with van der Waals surface area (Å²) in [6.45, 7) is 5.21. The number of nitrogens with one attached hydrogen (secondary N) is 3. The van der Waals surface area contributed by atoms with Crippen LogP contribution in [0.25, 0.3) is 10.2 Å². The van der Waals surface area contributed by atoms with Crippen LogP contribution in [0.5, 0.6) is 5.75 Å². The zero-order chi connectivity index (χ0) is 40.6. The van der Waals surface area contributed by atoms with E-state index in [2.05, 4.69) is 25.8 Å². The Labute approximate surface area is 340 Å². The van der Waals surface area contributed by atoms with Crippen LogP contribution in [0.1, 0.15) is 108 Å². The predicted octanol–water partition coefficient (Wildman–Crippen LogP) is 7.31. The van der Waals surface area contributed by atoms with Gasteiger partial charge in [-0.3, -0.25) is 24.5 Å². The van der Waals surface area contributed by atoms with Gasteiger partial charge in [-0.1, -0.05) is 18.2 Å². The van der Waals surface area contributed by atoms with Crippen LogP contribution in [0.3, 0.4) is 0 Å². The van der Waals surface area contributed by atoms with Crippen molar-refractivity contribution in [3.05, 3.63) is 76.1 Å². The lowest BCUT2D eigenvalue weighted by Gasteiger charge is -2.36. The smallest absolute Gasteiger partial charge is 0.287 e. The number of ether oxygens (including phenoxy) is 1. The number of benzene rings is 2. The number of amides is 4. The first-order valence-electron chi connectivity index (χ1n) is 20.3. The summed E-state index contributed by atoms with van der Waals surface area (Å²) in [7, 11) is 1.52. The summed E-state index contributed by atoms with van der Waals surface area (Å²) >= 11 is 1.63. The molecular weight excluding hydrogens is 765 g/mol. The quantitative estimate of drug-likeness (QED) is 0.125. The van der Waals surface area contributed by atoms with Gasteiger partial charge in [0.15, 0.2) is 0 Å². The summed E-state index contributed by atoms with van der Waals surface area (Å²) in [5.74, 6) is -2.50. The topological polar surface area (TPSA) is 146 Å². The molecule has 8 rings (SSSR count). The van der Waals surface area contributed by atoms with Gasteiger partial charge >= 0.3 is 0 Å². The number of alkyl halides is 2. The van der Waals surface area contributed by atoms with Gasteiger partial charge < -0.3 is 25.2 Å². The van der Waals surface area contributed by atoms with Crippen molar-refractivity contribution in [1.82, 2.24) is 25.1 Å². The van der Waals surface area contributed by atoms with Crippen molar-refractivity contribution in [1.29, 1.82) is 0 Å². The number of likely N-dealkylation sites (tertiary alicyclic amines) is 1. The van der Waals surface area contributed by atoms with E-state index in [0.717, 1.165) is 105 Å². The zero-order valence-corrected chi connectivity index (χ0v) is 33.6. The summed E-state index contributed by atoms with van der Waals surface area (Å²) in [4.78, 5) is 63.6. The van der Waals surface area contributed by atoms with Crippen molar-refractivity contribution in [2.24, 2.45) is 11.8 Å². The van der Waals surface area contributed by atoms with Gasteiger partial charge in [0.1, 0.15) is 23.2 Å². The molecular formula is C43H49F2N7O5S. The number of nitrogens with zero attached hydrogens (tertiary/aromatic N) is 4. The Balaban J connectivity index is 0.786. The summed E-state index contributed by atoms with van der Waals surface area (Å²) in [5.41, 5.74) is 3.04. The van der Waals surface area contributed by atoms with Crippen molar-refractivity contribution in [2.75, 3.05) is 43.9 Å². The highest BCUT2D eigenvalue weighted by atomic mass is 32.1. The van der Waals surface area contributed by atoms with E-state index in [1.165, 1.54) is 25.3 Å². The number of halogens is 2. The van der Waals surface area contributed by atoms with Gasteiger partial charge in [0.05, 0.1) is 33.6 Å². The first kappa shape index (κ1) is 39.8. The second kappa shape index (κ2) is 16.7. The highest BCUT2D eigenvalue weighted by molar-refractivity contribution is 7.18.